The average Bonchev–Trinajstić information content (AvgIpc) is 2.47. The highest BCUT2D eigenvalue weighted by Crippen LogP contribution is 2.26. The standard InChI is InChI=1S/C21H45N.ClH/c1-5-6-7-8-9-10-11-12-13-14-15-16-17-18-19-21(3,4)20(2)22;/h20H,5-19,22H2,1-4H3;1H. The van der Waals surface area contributed by atoms with Crippen LogP contribution in [0.15, 0.2) is 0 Å². The van der Waals surface area contributed by atoms with Crippen molar-refractivity contribution in [2.45, 2.75) is 130 Å². The molecule has 0 aromatic rings. The van der Waals surface area contributed by atoms with Gasteiger partial charge in [0.1, 0.15) is 0 Å². The molecule has 0 fully saturated rings. The van der Waals surface area contributed by atoms with Crippen molar-refractivity contribution < 1.29 is 18.1 Å². The first-order valence-electron chi connectivity index (χ1n) is 10.3. The van der Waals surface area contributed by atoms with E-state index in [-0.39, 0.29) is 12.4 Å². The summed E-state index contributed by atoms with van der Waals surface area (Å²) < 4.78 is 0. The van der Waals surface area contributed by atoms with Gasteiger partial charge in [0.25, 0.3) is 0 Å². The topological polar surface area (TPSA) is 27.6 Å². The zero-order valence-electron chi connectivity index (χ0n) is 16.8. The molecule has 0 aromatic carbocycles. The van der Waals surface area contributed by atoms with E-state index < -0.39 is 0 Å². The van der Waals surface area contributed by atoms with Crippen LogP contribution in [-0.2, 0) is 0 Å². The van der Waals surface area contributed by atoms with Gasteiger partial charge < -0.3 is 18.1 Å². The van der Waals surface area contributed by atoms with Crippen molar-refractivity contribution in [3.05, 3.63) is 0 Å². The maximum Gasteiger partial charge on any atom is 0.0866 e. The van der Waals surface area contributed by atoms with E-state index in [2.05, 4.69) is 33.4 Å². The minimum absolute atomic E-state index is 0. The summed E-state index contributed by atoms with van der Waals surface area (Å²) in [6.45, 7) is 9.28. The molecule has 0 saturated heterocycles. The van der Waals surface area contributed by atoms with E-state index in [1.54, 1.807) is 0 Å². The van der Waals surface area contributed by atoms with Crippen molar-refractivity contribution in [3.63, 3.8) is 0 Å². The first-order valence-corrected chi connectivity index (χ1v) is 10.3. The molecular formula is C21H46ClN. The summed E-state index contributed by atoms with van der Waals surface area (Å²) in [7, 11) is 0. The maximum absolute atomic E-state index is 4.19. The Morgan fingerprint density at radius 2 is 0.957 bits per heavy atom. The first kappa shape index (κ1) is 25.5. The van der Waals surface area contributed by atoms with Gasteiger partial charge in [-0.05, 0) is 13.3 Å². The molecule has 23 heavy (non-hydrogen) atoms. The number of unbranched alkanes of at least 4 members (excludes halogenated alkanes) is 13. The molecule has 0 bridgehead atoms. The van der Waals surface area contributed by atoms with E-state index in [1.807, 2.05) is 0 Å². The van der Waals surface area contributed by atoms with E-state index >= 15 is 0 Å². The van der Waals surface area contributed by atoms with Crippen LogP contribution in [0, 0.1) is 5.41 Å². The number of quaternary nitrogens is 1. The van der Waals surface area contributed by atoms with Crippen LogP contribution in [0.4, 0.5) is 0 Å². The monoisotopic (exact) mass is 347 g/mol. The van der Waals surface area contributed by atoms with E-state index in [4.69, 9.17) is 0 Å². The predicted molar refractivity (Wildman–Crippen MR) is 101 cm³/mol. The molecular weight excluding hydrogens is 302 g/mol. The van der Waals surface area contributed by atoms with Gasteiger partial charge in [0, 0.05) is 5.41 Å². The van der Waals surface area contributed by atoms with Gasteiger partial charge in [-0.25, -0.2) is 0 Å². The molecule has 0 amide bonds. The van der Waals surface area contributed by atoms with Gasteiger partial charge in [0.15, 0.2) is 0 Å². The van der Waals surface area contributed by atoms with Gasteiger partial charge in [-0.15, -0.1) is 0 Å². The van der Waals surface area contributed by atoms with Crippen LogP contribution in [0.5, 0.6) is 0 Å². The number of hydrogen-bond acceptors (Lipinski definition) is 0. The lowest BCUT2D eigenvalue weighted by Gasteiger charge is -2.26. The van der Waals surface area contributed by atoms with Crippen molar-refractivity contribution in [3.8, 4) is 0 Å². The zero-order chi connectivity index (χ0) is 16.7. The summed E-state index contributed by atoms with van der Waals surface area (Å²) >= 11 is 0. The second-order valence-electron chi connectivity index (χ2n) is 8.24. The zero-order valence-corrected chi connectivity index (χ0v) is 17.5. The third-order valence-electron chi connectivity index (χ3n) is 5.51. The molecule has 0 aliphatic carbocycles. The normalized spacial score (nSPS) is 12.9. The second kappa shape index (κ2) is 17.1. The van der Waals surface area contributed by atoms with Crippen LogP contribution < -0.4 is 18.1 Å². The van der Waals surface area contributed by atoms with Crippen LogP contribution >= 0.6 is 0 Å². The molecule has 0 spiro atoms. The summed E-state index contributed by atoms with van der Waals surface area (Å²) in [5.41, 5.74) is 4.62. The van der Waals surface area contributed by atoms with Gasteiger partial charge in [0.05, 0.1) is 6.04 Å². The molecule has 0 aliphatic heterocycles. The smallest absolute Gasteiger partial charge is 0.0866 e. The van der Waals surface area contributed by atoms with E-state index in [0.29, 0.717) is 11.5 Å². The maximum atomic E-state index is 4.19. The fraction of sp³-hybridized carbons (Fsp3) is 1.00. The molecule has 0 aliphatic rings. The van der Waals surface area contributed by atoms with E-state index in [1.165, 1.54) is 96.3 Å². The highest BCUT2D eigenvalue weighted by molar-refractivity contribution is 4.73. The molecule has 0 saturated carbocycles. The first-order chi connectivity index (χ1) is 10.5. The Bertz CT molecular complexity index is 226. The molecule has 0 radical (unpaired) electrons. The van der Waals surface area contributed by atoms with Crippen LogP contribution in [-0.4, -0.2) is 6.04 Å². The highest BCUT2D eigenvalue weighted by atomic mass is 35.5. The van der Waals surface area contributed by atoms with Crippen LogP contribution in [0.2, 0.25) is 0 Å². The van der Waals surface area contributed by atoms with Gasteiger partial charge in [-0.2, -0.15) is 0 Å². The Hall–Kier alpha value is 0.250. The second-order valence-corrected chi connectivity index (χ2v) is 8.24. The van der Waals surface area contributed by atoms with Crippen molar-refractivity contribution in [1.82, 2.24) is 0 Å². The summed E-state index contributed by atoms with van der Waals surface area (Å²) in [4.78, 5) is 0. The lowest BCUT2D eigenvalue weighted by Crippen LogP contribution is -3.00. The molecule has 0 heterocycles. The fourth-order valence-electron chi connectivity index (χ4n) is 3.02. The molecule has 142 valence electrons. The van der Waals surface area contributed by atoms with Crippen molar-refractivity contribution in [2.75, 3.05) is 0 Å². The Morgan fingerprint density at radius 3 is 1.26 bits per heavy atom. The summed E-state index contributed by atoms with van der Waals surface area (Å²) in [5, 5.41) is 0. The molecule has 1 nitrogen and oxygen atoms in total. The quantitative estimate of drug-likeness (QED) is 0.414. The number of rotatable bonds is 16. The van der Waals surface area contributed by atoms with Gasteiger partial charge in [0.2, 0.25) is 0 Å². The summed E-state index contributed by atoms with van der Waals surface area (Å²) in [5.74, 6) is 0. The van der Waals surface area contributed by atoms with Crippen molar-refractivity contribution in [2.24, 2.45) is 5.41 Å². The van der Waals surface area contributed by atoms with E-state index in [9.17, 15) is 0 Å². The van der Waals surface area contributed by atoms with Gasteiger partial charge in [-0.1, -0.05) is 111 Å². The van der Waals surface area contributed by atoms with Crippen molar-refractivity contribution >= 4 is 0 Å². The lowest BCUT2D eigenvalue weighted by atomic mass is 9.81. The van der Waals surface area contributed by atoms with Crippen molar-refractivity contribution in [1.29, 1.82) is 0 Å². The Kier molecular flexibility index (Phi) is 18.9. The Morgan fingerprint density at radius 1 is 0.652 bits per heavy atom. The molecule has 1 unspecified atom stereocenters. The molecule has 1 atom stereocenters. The molecule has 0 aromatic heterocycles. The third kappa shape index (κ3) is 16.9. The molecule has 3 N–H and O–H groups in total. The minimum Gasteiger partial charge on any atom is -1.00 e. The SMILES string of the molecule is CCCCCCCCCCCCCCCCC(C)(C)C(C)[NH3+].[Cl-]. The van der Waals surface area contributed by atoms with Crippen LogP contribution in [0.1, 0.15) is 124 Å². The fourth-order valence-corrected chi connectivity index (χ4v) is 3.02. The van der Waals surface area contributed by atoms with E-state index in [0.717, 1.165) is 0 Å². The lowest BCUT2D eigenvalue weighted by molar-refractivity contribution is -0.439. The highest BCUT2D eigenvalue weighted by Gasteiger charge is 2.24. The Balaban J connectivity index is 0. The van der Waals surface area contributed by atoms with Gasteiger partial charge in [-0.3, -0.25) is 0 Å². The third-order valence-corrected chi connectivity index (χ3v) is 5.51. The summed E-state index contributed by atoms with van der Waals surface area (Å²) in [6.07, 6.45) is 21.6. The minimum atomic E-state index is 0. The summed E-state index contributed by atoms with van der Waals surface area (Å²) in [6, 6.07) is 0.564. The number of hydrogen-bond donors (Lipinski definition) is 1. The largest absolute Gasteiger partial charge is 1.00 e. The number of halogens is 1. The van der Waals surface area contributed by atoms with Crippen LogP contribution in [0.25, 0.3) is 0 Å². The molecule has 0 rings (SSSR count). The Labute approximate surface area is 154 Å². The predicted octanol–water partition coefficient (Wildman–Crippen LogP) is 3.52. The average molecular weight is 348 g/mol. The van der Waals surface area contributed by atoms with Crippen LogP contribution in [0.3, 0.4) is 0 Å². The molecule has 2 heteroatoms. The van der Waals surface area contributed by atoms with Gasteiger partial charge >= 0.3 is 0 Å².